The Morgan fingerprint density at radius 2 is 2.00 bits per heavy atom. The van der Waals surface area contributed by atoms with E-state index in [0.717, 1.165) is 26.2 Å². The van der Waals surface area contributed by atoms with Crippen LogP contribution in [-0.4, -0.2) is 43.6 Å². The molecule has 5 heteroatoms. The first kappa shape index (κ1) is 13.0. The molecule has 1 aliphatic heterocycles. The quantitative estimate of drug-likeness (QED) is 0.459. The number of rotatable bonds is 3. The van der Waals surface area contributed by atoms with Crippen LogP contribution in [0.5, 0.6) is 0 Å². The van der Waals surface area contributed by atoms with Crippen molar-refractivity contribution in [1.29, 1.82) is 0 Å². The smallest absolute Gasteiger partial charge is 0.550 e. The molecule has 1 fully saturated rings. The maximum absolute atomic E-state index is 10.1. The van der Waals surface area contributed by atoms with E-state index in [9.17, 15) is 9.90 Å². The molecule has 0 unspecified atom stereocenters. The van der Waals surface area contributed by atoms with Gasteiger partial charge in [-0.2, -0.15) is 0 Å². The van der Waals surface area contributed by atoms with Crippen LogP contribution < -0.4 is 61.8 Å². The Bertz CT molecular complexity index is 137. The van der Waals surface area contributed by atoms with E-state index in [2.05, 4.69) is 10.2 Å². The maximum Gasteiger partial charge on any atom is 1.00 e. The SMILES string of the molecule is O=C([O-])CCN1CCNCC1.[K+]. The van der Waals surface area contributed by atoms with Gasteiger partial charge in [0.15, 0.2) is 0 Å². The van der Waals surface area contributed by atoms with Crippen molar-refractivity contribution in [3.63, 3.8) is 0 Å². The first-order valence-corrected chi connectivity index (χ1v) is 3.92. The van der Waals surface area contributed by atoms with Crippen molar-refractivity contribution >= 4 is 5.97 Å². The average Bonchev–Trinajstić information content (AvgIpc) is 2.03. The van der Waals surface area contributed by atoms with Crippen LogP contribution in [0.3, 0.4) is 0 Å². The minimum atomic E-state index is -0.955. The number of nitrogens with one attached hydrogen (secondary N) is 1. The number of piperazine rings is 1. The molecule has 0 radical (unpaired) electrons. The number of hydrogen-bond donors (Lipinski definition) is 1. The van der Waals surface area contributed by atoms with Crippen molar-refractivity contribution < 1.29 is 61.3 Å². The second-order valence-electron chi connectivity index (χ2n) is 2.71. The predicted molar refractivity (Wildman–Crippen MR) is 38.9 cm³/mol. The van der Waals surface area contributed by atoms with Crippen molar-refractivity contribution in [3.8, 4) is 0 Å². The van der Waals surface area contributed by atoms with Crippen LogP contribution in [-0.2, 0) is 4.79 Å². The van der Waals surface area contributed by atoms with Gasteiger partial charge in [0.05, 0.1) is 0 Å². The zero-order valence-corrected chi connectivity index (χ0v) is 10.6. The van der Waals surface area contributed by atoms with E-state index in [1.54, 1.807) is 0 Å². The molecule has 0 aromatic rings. The number of aliphatic carboxylic acids is 1. The van der Waals surface area contributed by atoms with Gasteiger partial charge in [-0.05, 0) is 6.42 Å². The monoisotopic (exact) mass is 196 g/mol. The number of nitrogens with zero attached hydrogens (tertiary/aromatic N) is 1. The molecule has 1 saturated heterocycles. The van der Waals surface area contributed by atoms with Crippen molar-refractivity contribution in [2.75, 3.05) is 32.7 Å². The Balaban J connectivity index is 0.00000121. The van der Waals surface area contributed by atoms with Gasteiger partial charge in [-0.1, -0.05) is 0 Å². The molecule has 0 aliphatic carbocycles. The van der Waals surface area contributed by atoms with E-state index in [-0.39, 0.29) is 57.8 Å². The summed E-state index contributed by atoms with van der Waals surface area (Å²) in [5.74, 6) is -0.955. The zero-order valence-electron chi connectivity index (χ0n) is 7.51. The fraction of sp³-hybridized carbons (Fsp3) is 0.857. The van der Waals surface area contributed by atoms with Crippen LogP contribution in [0.15, 0.2) is 0 Å². The third kappa shape index (κ3) is 5.63. The molecule has 12 heavy (non-hydrogen) atoms. The van der Waals surface area contributed by atoms with Crippen LogP contribution in [0.4, 0.5) is 0 Å². The standard InChI is InChI=1S/C7H14N2O2.K/c10-7(11)1-4-9-5-2-8-3-6-9;/h8H,1-6H2,(H,10,11);/q;+1/p-1. The number of hydrogen-bond acceptors (Lipinski definition) is 4. The van der Waals surface area contributed by atoms with E-state index in [1.165, 1.54) is 0 Å². The Morgan fingerprint density at radius 3 is 2.50 bits per heavy atom. The van der Waals surface area contributed by atoms with Gasteiger partial charge in [-0.3, -0.25) is 0 Å². The second kappa shape index (κ2) is 7.43. The summed E-state index contributed by atoms with van der Waals surface area (Å²) in [6.07, 6.45) is 0.153. The summed E-state index contributed by atoms with van der Waals surface area (Å²) in [6, 6.07) is 0. The molecular formula is C7H13KN2O2. The Hall–Kier alpha value is 1.03. The topological polar surface area (TPSA) is 55.4 Å². The third-order valence-electron chi connectivity index (χ3n) is 1.84. The molecule has 4 nitrogen and oxygen atoms in total. The van der Waals surface area contributed by atoms with Gasteiger partial charge < -0.3 is 20.1 Å². The number of carbonyl (C=O) groups is 1. The van der Waals surface area contributed by atoms with Crippen LogP contribution in [0, 0.1) is 0 Å². The van der Waals surface area contributed by atoms with Crippen molar-refractivity contribution in [2.24, 2.45) is 0 Å². The van der Waals surface area contributed by atoms with Gasteiger partial charge in [0.1, 0.15) is 0 Å². The molecule has 1 aliphatic rings. The number of carbonyl (C=O) groups excluding carboxylic acids is 1. The first-order valence-electron chi connectivity index (χ1n) is 3.92. The molecule has 0 bridgehead atoms. The van der Waals surface area contributed by atoms with Crippen molar-refractivity contribution in [3.05, 3.63) is 0 Å². The molecule has 1 rings (SSSR count). The Labute approximate surface area is 115 Å². The van der Waals surface area contributed by atoms with E-state index in [1.807, 2.05) is 0 Å². The summed E-state index contributed by atoms with van der Waals surface area (Å²) in [6.45, 7) is 4.46. The summed E-state index contributed by atoms with van der Waals surface area (Å²) >= 11 is 0. The third-order valence-corrected chi connectivity index (χ3v) is 1.84. The second-order valence-corrected chi connectivity index (χ2v) is 2.71. The summed E-state index contributed by atoms with van der Waals surface area (Å²) in [7, 11) is 0. The fourth-order valence-electron chi connectivity index (χ4n) is 1.18. The van der Waals surface area contributed by atoms with Gasteiger partial charge in [0.25, 0.3) is 0 Å². The number of carboxylic acids is 1. The molecule has 0 amide bonds. The molecule has 0 aromatic carbocycles. The van der Waals surface area contributed by atoms with E-state index >= 15 is 0 Å². The Kier molecular flexibility index (Phi) is 8.07. The molecule has 0 spiro atoms. The minimum Gasteiger partial charge on any atom is -0.550 e. The Morgan fingerprint density at radius 1 is 1.42 bits per heavy atom. The molecule has 64 valence electrons. The van der Waals surface area contributed by atoms with Gasteiger partial charge >= 0.3 is 51.4 Å². The minimum absolute atomic E-state index is 0. The molecule has 0 atom stereocenters. The molecule has 1 heterocycles. The van der Waals surface area contributed by atoms with Gasteiger partial charge in [-0.25, -0.2) is 0 Å². The first-order chi connectivity index (χ1) is 5.29. The molecular weight excluding hydrogens is 183 g/mol. The van der Waals surface area contributed by atoms with Crippen LogP contribution in [0.1, 0.15) is 6.42 Å². The van der Waals surface area contributed by atoms with E-state index in [0.29, 0.717) is 6.54 Å². The zero-order chi connectivity index (χ0) is 8.10. The van der Waals surface area contributed by atoms with Gasteiger partial charge in [0, 0.05) is 38.7 Å². The average molecular weight is 196 g/mol. The van der Waals surface area contributed by atoms with Crippen LogP contribution >= 0.6 is 0 Å². The maximum atomic E-state index is 10.1. The summed E-state index contributed by atoms with van der Waals surface area (Å²) in [5, 5.41) is 13.3. The largest absolute Gasteiger partial charge is 1.00 e. The van der Waals surface area contributed by atoms with Crippen LogP contribution in [0.25, 0.3) is 0 Å². The van der Waals surface area contributed by atoms with Crippen molar-refractivity contribution in [2.45, 2.75) is 6.42 Å². The fourth-order valence-corrected chi connectivity index (χ4v) is 1.18. The number of carboxylic acid groups (broad SMARTS) is 1. The summed E-state index contributed by atoms with van der Waals surface area (Å²) in [5.41, 5.74) is 0. The molecule has 0 saturated carbocycles. The molecule has 1 N–H and O–H groups in total. The van der Waals surface area contributed by atoms with Gasteiger partial charge in [0.2, 0.25) is 0 Å². The summed E-state index contributed by atoms with van der Waals surface area (Å²) < 4.78 is 0. The van der Waals surface area contributed by atoms with E-state index < -0.39 is 5.97 Å². The van der Waals surface area contributed by atoms with E-state index in [4.69, 9.17) is 0 Å². The van der Waals surface area contributed by atoms with Crippen molar-refractivity contribution in [1.82, 2.24) is 10.2 Å². The molecule has 0 aromatic heterocycles. The summed E-state index contributed by atoms with van der Waals surface area (Å²) in [4.78, 5) is 12.2. The normalized spacial score (nSPS) is 18.3. The predicted octanol–water partition coefficient (Wildman–Crippen LogP) is -4.96. The van der Waals surface area contributed by atoms with Crippen LogP contribution in [0.2, 0.25) is 0 Å². The van der Waals surface area contributed by atoms with Gasteiger partial charge in [-0.15, -0.1) is 0 Å².